The van der Waals surface area contributed by atoms with Crippen LogP contribution in [0, 0.1) is 5.92 Å². The summed E-state index contributed by atoms with van der Waals surface area (Å²) in [5, 5.41) is 21.7. The smallest absolute Gasteiger partial charge is 0.157 e. The van der Waals surface area contributed by atoms with E-state index in [1.54, 1.807) is 12.1 Å². The van der Waals surface area contributed by atoms with Gasteiger partial charge in [0.05, 0.1) is 6.61 Å². The highest BCUT2D eigenvalue weighted by atomic mass is 16.5. The van der Waals surface area contributed by atoms with Gasteiger partial charge in [-0.05, 0) is 30.0 Å². The average Bonchev–Trinajstić information content (AvgIpc) is 2.32. The Morgan fingerprint density at radius 1 is 1.17 bits per heavy atom. The molecule has 4 heteroatoms. The van der Waals surface area contributed by atoms with Crippen molar-refractivity contribution in [3.63, 3.8) is 0 Å². The lowest BCUT2D eigenvalue weighted by atomic mass is 10.1. The van der Waals surface area contributed by atoms with Crippen molar-refractivity contribution in [2.24, 2.45) is 5.92 Å². The average molecular weight is 253 g/mol. The molecule has 0 unspecified atom stereocenters. The van der Waals surface area contributed by atoms with E-state index in [4.69, 9.17) is 9.84 Å². The van der Waals surface area contributed by atoms with Gasteiger partial charge in [0, 0.05) is 19.7 Å². The lowest BCUT2D eigenvalue weighted by Crippen LogP contribution is -2.19. The molecule has 0 radical (unpaired) electrons. The molecule has 0 spiro atoms. The van der Waals surface area contributed by atoms with Crippen molar-refractivity contribution in [1.82, 2.24) is 5.32 Å². The molecule has 3 N–H and O–H groups in total. The second kappa shape index (κ2) is 7.95. The molecule has 18 heavy (non-hydrogen) atoms. The summed E-state index contributed by atoms with van der Waals surface area (Å²) >= 11 is 0. The molecule has 0 aromatic heterocycles. The molecule has 0 fully saturated rings. The van der Waals surface area contributed by atoms with Crippen LogP contribution in [0.5, 0.6) is 11.5 Å². The van der Waals surface area contributed by atoms with Gasteiger partial charge in [-0.2, -0.15) is 0 Å². The van der Waals surface area contributed by atoms with Crippen LogP contribution in [0.15, 0.2) is 18.2 Å². The molecule has 0 saturated heterocycles. The molecular formula is C14H23NO3. The first-order valence-electron chi connectivity index (χ1n) is 6.39. The quantitative estimate of drug-likeness (QED) is 0.491. The maximum atomic E-state index is 9.32. The van der Waals surface area contributed by atoms with Gasteiger partial charge in [-0.3, -0.25) is 0 Å². The van der Waals surface area contributed by atoms with E-state index >= 15 is 0 Å². The number of nitrogens with one attached hydrogen (secondary N) is 1. The van der Waals surface area contributed by atoms with Crippen LogP contribution in [-0.2, 0) is 11.3 Å². The van der Waals surface area contributed by atoms with Gasteiger partial charge < -0.3 is 20.3 Å². The second-order valence-corrected chi connectivity index (χ2v) is 4.79. The zero-order valence-electron chi connectivity index (χ0n) is 11.1. The molecule has 0 heterocycles. The van der Waals surface area contributed by atoms with Gasteiger partial charge >= 0.3 is 0 Å². The van der Waals surface area contributed by atoms with Crippen LogP contribution in [-0.4, -0.2) is 30.0 Å². The minimum absolute atomic E-state index is 0.0810. The molecule has 0 aliphatic carbocycles. The lowest BCUT2D eigenvalue weighted by Gasteiger charge is -2.08. The van der Waals surface area contributed by atoms with E-state index in [0.29, 0.717) is 19.1 Å². The fourth-order valence-electron chi connectivity index (χ4n) is 1.48. The maximum Gasteiger partial charge on any atom is 0.157 e. The van der Waals surface area contributed by atoms with Gasteiger partial charge in [-0.1, -0.05) is 19.9 Å². The topological polar surface area (TPSA) is 61.7 Å². The molecule has 0 atom stereocenters. The van der Waals surface area contributed by atoms with Crippen molar-refractivity contribution < 1.29 is 14.9 Å². The lowest BCUT2D eigenvalue weighted by molar-refractivity contribution is 0.125. The van der Waals surface area contributed by atoms with Gasteiger partial charge in [-0.25, -0.2) is 0 Å². The molecule has 0 amide bonds. The Morgan fingerprint density at radius 3 is 2.61 bits per heavy atom. The predicted octanol–water partition coefficient (Wildman–Crippen LogP) is 2.25. The number of hydrogen-bond donors (Lipinski definition) is 3. The number of phenols is 2. The second-order valence-electron chi connectivity index (χ2n) is 4.79. The summed E-state index contributed by atoms with van der Waals surface area (Å²) in [5.74, 6) is 0.510. The fourth-order valence-corrected chi connectivity index (χ4v) is 1.48. The summed E-state index contributed by atoms with van der Waals surface area (Å²) in [6.45, 7) is 7.29. The van der Waals surface area contributed by atoms with E-state index in [2.05, 4.69) is 19.2 Å². The summed E-state index contributed by atoms with van der Waals surface area (Å²) in [7, 11) is 0. The third-order valence-corrected chi connectivity index (χ3v) is 2.63. The number of hydrogen-bond acceptors (Lipinski definition) is 4. The molecular weight excluding hydrogens is 230 g/mol. The maximum absolute atomic E-state index is 9.32. The molecule has 1 rings (SSSR count). The summed E-state index contributed by atoms with van der Waals surface area (Å²) in [5.41, 5.74) is 0.937. The summed E-state index contributed by atoms with van der Waals surface area (Å²) in [6.07, 6.45) is 1.09. The molecule has 102 valence electrons. The standard InChI is InChI=1S/C14H23NO3/c1-11(2)5-7-18-8-6-15-10-12-3-4-13(16)14(17)9-12/h3-4,9,11,15-17H,5-8,10H2,1-2H3. The zero-order chi connectivity index (χ0) is 13.4. The van der Waals surface area contributed by atoms with Crippen molar-refractivity contribution in [2.45, 2.75) is 26.8 Å². The molecule has 0 saturated carbocycles. The molecule has 1 aromatic rings. The Balaban J connectivity index is 2.09. The Hall–Kier alpha value is -1.26. The Labute approximate surface area is 109 Å². The van der Waals surface area contributed by atoms with Crippen LogP contribution in [0.25, 0.3) is 0 Å². The minimum atomic E-state index is -0.0873. The van der Waals surface area contributed by atoms with Gasteiger partial charge in [0.25, 0.3) is 0 Å². The number of benzene rings is 1. The largest absolute Gasteiger partial charge is 0.504 e. The summed E-state index contributed by atoms with van der Waals surface area (Å²) in [6, 6.07) is 4.83. The summed E-state index contributed by atoms with van der Waals surface area (Å²) in [4.78, 5) is 0. The SMILES string of the molecule is CC(C)CCOCCNCc1ccc(O)c(O)c1. The van der Waals surface area contributed by atoms with E-state index in [9.17, 15) is 5.11 Å². The molecule has 0 bridgehead atoms. The van der Waals surface area contributed by atoms with E-state index in [-0.39, 0.29) is 11.5 Å². The molecule has 4 nitrogen and oxygen atoms in total. The van der Waals surface area contributed by atoms with E-state index in [1.807, 2.05) is 0 Å². The Kier molecular flexibility index (Phi) is 6.54. The van der Waals surface area contributed by atoms with Crippen molar-refractivity contribution in [2.75, 3.05) is 19.8 Å². The van der Waals surface area contributed by atoms with Gasteiger partial charge in [0.2, 0.25) is 0 Å². The van der Waals surface area contributed by atoms with Crippen LogP contribution in [0.4, 0.5) is 0 Å². The molecule has 1 aromatic carbocycles. The number of ether oxygens (including phenoxy) is 1. The van der Waals surface area contributed by atoms with Crippen molar-refractivity contribution in [1.29, 1.82) is 0 Å². The van der Waals surface area contributed by atoms with Crippen LogP contribution < -0.4 is 5.32 Å². The third-order valence-electron chi connectivity index (χ3n) is 2.63. The Morgan fingerprint density at radius 2 is 1.94 bits per heavy atom. The number of aromatic hydroxyl groups is 2. The first-order chi connectivity index (χ1) is 8.59. The van der Waals surface area contributed by atoms with Gasteiger partial charge in [-0.15, -0.1) is 0 Å². The number of phenolic OH excluding ortho intramolecular Hbond substituents is 2. The zero-order valence-corrected chi connectivity index (χ0v) is 11.1. The highest BCUT2D eigenvalue weighted by Crippen LogP contribution is 2.24. The Bertz CT molecular complexity index is 353. The predicted molar refractivity (Wildman–Crippen MR) is 71.8 cm³/mol. The van der Waals surface area contributed by atoms with Gasteiger partial charge in [0.15, 0.2) is 11.5 Å². The van der Waals surface area contributed by atoms with Crippen molar-refractivity contribution >= 4 is 0 Å². The van der Waals surface area contributed by atoms with Crippen LogP contribution in [0.2, 0.25) is 0 Å². The molecule has 0 aliphatic heterocycles. The van der Waals surface area contributed by atoms with E-state index in [1.165, 1.54) is 6.07 Å². The molecule has 0 aliphatic rings. The van der Waals surface area contributed by atoms with Crippen molar-refractivity contribution in [3.8, 4) is 11.5 Å². The summed E-state index contributed by atoms with van der Waals surface area (Å²) < 4.78 is 5.47. The fraction of sp³-hybridized carbons (Fsp3) is 0.571. The van der Waals surface area contributed by atoms with E-state index in [0.717, 1.165) is 25.1 Å². The van der Waals surface area contributed by atoms with Crippen LogP contribution in [0.1, 0.15) is 25.8 Å². The van der Waals surface area contributed by atoms with E-state index < -0.39 is 0 Å². The van der Waals surface area contributed by atoms with Crippen LogP contribution in [0.3, 0.4) is 0 Å². The first-order valence-corrected chi connectivity index (χ1v) is 6.39. The van der Waals surface area contributed by atoms with Crippen LogP contribution >= 0.6 is 0 Å². The first kappa shape index (κ1) is 14.8. The number of rotatable bonds is 8. The van der Waals surface area contributed by atoms with Crippen molar-refractivity contribution in [3.05, 3.63) is 23.8 Å². The minimum Gasteiger partial charge on any atom is -0.504 e. The monoisotopic (exact) mass is 253 g/mol. The highest BCUT2D eigenvalue weighted by molar-refractivity contribution is 5.40. The van der Waals surface area contributed by atoms with Gasteiger partial charge in [0.1, 0.15) is 0 Å². The highest BCUT2D eigenvalue weighted by Gasteiger charge is 2.00. The third kappa shape index (κ3) is 5.89. The normalized spacial score (nSPS) is 11.1.